The van der Waals surface area contributed by atoms with Gasteiger partial charge in [0.1, 0.15) is 23.3 Å². The number of fused-ring (bicyclic) bond motifs is 1. The van der Waals surface area contributed by atoms with Crippen molar-refractivity contribution >= 4 is 38.9 Å². The van der Waals surface area contributed by atoms with Crippen molar-refractivity contribution in [2.24, 2.45) is 0 Å². The van der Waals surface area contributed by atoms with Crippen LogP contribution in [-0.2, 0) is 4.74 Å². The molecule has 0 radical (unpaired) electrons. The number of aryl methyl sites for hydroxylation is 1. The first-order chi connectivity index (χ1) is 13.8. The predicted octanol–water partition coefficient (Wildman–Crippen LogP) is 2.56. The summed E-state index contributed by atoms with van der Waals surface area (Å²) < 4.78 is 6.77. The smallest absolute Gasteiger partial charge is 0.137 e. The second-order valence-corrected chi connectivity index (χ2v) is 8.12. The maximum atomic E-state index is 5.47. The van der Waals surface area contributed by atoms with Crippen molar-refractivity contribution in [3.8, 4) is 0 Å². The lowest BCUT2D eigenvalue weighted by molar-refractivity contribution is 0.122. The molecule has 0 spiro atoms. The topological polar surface area (TPSA) is 57.6 Å². The lowest BCUT2D eigenvalue weighted by Crippen LogP contribution is -2.47. The molecule has 3 aromatic heterocycles. The van der Waals surface area contributed by atoms with Crippen molar-refractivity contribution in [3.05, 3.63) is 35.6 Å². The van der Waals surface area contributed by atoms with E-state index < -0.39 is 0 Å². The van der Waals surface area contributed by atoms with E-state index in [1.54, 1.807) is 11.3 Å². The lowest BCUT2D eigenvalue weighted by atomic mass is 10.2. The van der Waals surface area contributed by atoms with E-state index in [0.29, 0.717) is 0 Å². The average Bonchev–Trinajstić information content (AvgIpc) is 3.23. The van der Waals surface area contributed by atoms with Crippen LogP contribution in [0.5, 0.6) is 0 Å². The SMILES string of the molecule is Cc1nc(N2CCOCC2)cc(N2CCN(c3nccc4sccc34)CC2)n1. The maximum Gasteiger partial charge on any atom is 0.137 e. The second-order valence-electron chi connectivity index (χ2n) is 7.17. The molecule has 8 heteroatoms. The zero-order chi connectivity index (χ0) is 18.9. The van der Waals surface area contributed by atoms with Crippen LogP contribution in [0.1, 0.15) is 5.82 Å². The van der Waals surface area contributed by atoms with Gasteiger partial charge in [-0.2, -0.15) is 0 Å². The Kier molecular flexibility index (Phi) is 4.74. The maximum absolute atomic E-state index is 5.47. The lowest BCUT2D eigenvalue weighted by Gasteiger charge is -2.37. The Morgan fingerprint density at radius 2 is 1.57 bits per heavy atom. The van der Waals surface area contributed by atoms with Gasteiger partial charge in [-0.3, -0.25) is 0 Å². The van der Waals surface area contributed by atoms with Crippen molar-refractivity contribution in [3.63, 3.8) is 0 Å². The van der Waals surface area contributed by atoms with Crippen LogP contribution in [0.15, 0.2) is 29.8 Å². The Bertz CT molecular complexity index is 962. The van der Waals surface area contributed by atoms with Gasteiger partial charge in [-0.1, -0.05) is 0 Å². The monoisotopic (exact) mass is 396 g/mol. The number of pyridine rings is 1. The van der Waals surface area contributed by atoms with Gasteiger partial charge in [0.25, 0.3) is 0 Å². The quantitative estimate of drug-likeness (QED) is 0.674. The average molecular weight is 397 g/mol. The van der Waals surface area contributed by atoms with Gasteiger partial charge in [-0.15, -0.1) is 11.3 Å². The molecule has 2 saturated heterocycles. The molecule has 2 fully saturated rings. The standard InChI is InChI=1S/C20H24N6OS/c1-15-22-18(14-19(23-15)25-9-11-27-12-10-25)24-5-7-26(8-6-24)20-16-3-13-28-17(16)2-4-21-20/h2-4,13-14H,5-12H2,1H3. The van der Waals surface area contributed by atoms with Gasteiger partial charge in [-0.05, 0) is 24.4 Å². The summed E-state index contributed by atoms with van der Waals surface area (Å²) >= 11 is 1.77. The second kappa shape index (κ2) is 7.52. The highest BCUT2D eigenvalue weighted by Crippen LogP contribution is 2.29. The van der Waals surface area contributed by atoms with E-state index in [9.17, 15) is 0 Å². The largest absolute Gasteiger partial charge is 0.378 e. The minimum absolute atomic E-state index is 0.762. The molecule has 0 amide bonds. The molecule has 0 aromatic carbocycles. The highest BCUT2D eigenvalue weighted by molar-refractivity contribution is 7.17. The van der Waals surface area contributed by atoms with Crippen molar-refractivity contribution < 1.29 is 4.74 Å². The van der Waals surface area contributed by atoms with Gasteiger partial charge in [0.15, 0.2) is 0 Å². The number of piperazine rings is 1. The zero-order valence-corrected chi connectivity index (χ0v) is 16.9. The fourth-order valence-electron chi connectivity index (χ4n) is 3.93. The molecule has 5 heterocycles. The fourth-order valence-corrected chi connectivity index (χ4v) is 4.71. The molecule has 146 valence electrons. The first-order valence-electron chi connectivity index (χ1n) is 9.78. The number of hydrogen-bond donors (Lipinski definition) is 0. The van der Waals surface area contributed by atoms with Crippen LogP contribution in [0.4, 0.5) is 17.5 Å². The fraction of sp³-hybridized carbons (Fsp3) is 0.450. The molecule has 2 aliphatic rings. The van der Waals surface area contributed by atoms with Gasteiger partial charge >= 0.3 is 0 Å². The van der Waals surface area contributed by atoms with Crippen LogP contribution >= 0.6 is 11.3 Å². The van der Waals surface area contributed by atoms with E-state index in [4.69, 9.17) is 9.72 Å². The summed E-state index contributed by atoms with van der Waals surface area (Å²) in [7, 11) is 0. The molecule has 2 aliphatic heterocycles. The number of ether oxygens (including phenoxy) is 1. The Hall–Kier alpha value is -2.45. The summed E-state index contributed by atoms with van der Waals surface area (Å²) in [5.74, 6) is 3.96. The van der Waals surface area contributed by atoms with Crippen LogP contribution in [0, 0.1) is 6.92 Å². The molecular formula is C20H24N6OS. The molecule has 0 unspecified atom stereocenters. The number of anilines is 3. The van der Waals surface area contributed by atoms with E-state index >= 15 is 0 Å². The Balaban J connectivity index is 1.33. The minimum Gasteiger partial charge on any atom is -0.378 e. The van der Waals surface area contributed by atoms with Gasteiger partial charge in [-0.25, -0.2) is 15.0 Å². The van der Waals surface area contributed by atoms with Crippen LogP contribution in [0.3, 0.4) is 0 Å². The van der Waals surface area contributed by atoms with E-state index in [1.807, 2.05) is 13.1 Å². The number of hydrogen-bond acceptors (Lipinski definition) is 8. The molecule has 5 rings (SSSR count). The molecule has 28 heavy (non-hydrogen) atoms. The van der Waals surface area contributed by atoms with E-state index in [-0.39, 0.29) is 0 Å². The molecule has 0 saturated carbocycles. The molecule has 0 aliphatic carbocycles. The molecule has 0 bridgehead atoms. The van der Waals surface area contributed by atoms with Crippen LogP contribution in [0.25, 0.3) is 10.1 Å². The number of nitrogens with zero attached hydrogens (tertiary/aromatic N) is 6. The Morgan fingerprint density at radius 1 is 0.893 bits per heavy atom. The third-order valence-electron chi connectivity index (χ3n) is 5.41. The third kappa shape index (κ3) is 3.38. The predicted molar refractivity (Wildman–Crippen MR) is 114 cm³/mol. The number of aromatic nitrogens is 3. The molecule has 0 atom stereocenters. The van der Waals surface area contributed by atoms with Crippen molar-refractivity contribution in [2.75, 3.05) is 67.2 Å². The number of thiophene rings is 1. The van der Waals surface area contributed by atoms with Gasteiger partial charge < -0.3 is 19.4 Å². The molecular weight excluding hydrogens is 372 g/mol. The van der Waals surface area contributed by atoms with Crippen LogP contribution in [-0.4, -0.2) is 67.4 Å². The first-order valence-corrected chi connectivity index (χ1v) is 10.7. The molecule has 3 aromatic rings. The highest BCUT2D eigenvalue weighted by Gasteiger charge is 2.22. The number of morpholine rings is 1. The van der Waals surface area contributed by atoms with Gasteiger partial charge in [0.2, 0.25) is 0 Å². The van der Waals surface area contributed by atoms with Gasteiger partial charge in [0, 0.05) is 61.6 Å². The first kappa shape index (κ1) is 17.6. The Labute approximate surface area is 168 Å². The summed E-state index contributed by atoms with van der Waals surface area (Å²) in [6.45, 7) is 9.03. The summed E-state index contributed by atoms with van der Waals surface area (Å²) in [6, 6.07) is 6.40. The van der Waals surface area contributed by atoms with E-state index in [2.05, 4.69) is 48.2 Å². The van der Waals surface area contributed by atoms with Crippen molar-refractivity contribution in [1.82, 2.24) is 15.0 Å². The summed E-state index contributed by atoms with van der Waals surface area (Å²) in [6.07, 6.45) is 1.92. The zero-order valence-electron chi connectivity index (χ0n) is 16.0. The van der Waals surface area contributed by atoms with E-state index in [1.165, 1.54) is 10.1 Å². The number of rotatable bonds is 3. The molecule has 0 N–H and O–H groups in total. The molecule has 7 nitrogen and oxygen atoms in total. The van der Waals surface area contributed by atoms with Gasteiger partial charge in [0.05, 0.1) is 13.2 Å². The minimum atomic E-state index is 0.762. The summed E-state index contributed by atoms with van der Waals surface area (Å²) in [5.41, 5.74) is 0. The van der Waals surface area contributed by atoms with E-state index in [0.717, 1.165) is 75.8 Å². The van der Waals surface area contributed by atoms with Crippen molar-refractivity contribution in [2.45, 2.75) is 6.92 Å². The normalized spacial score (nSPS) is 18.1. The summed E-state index contributed by atoms with van der Waals surface area (Å²) in [5, 5.41) is 3.40. The van der Waals surface area contributed by atoms with Crippen LogP contribution < -0.4 is 14.7 Å². The summed E-state index contributed by atoms with van der Waals surface area (Å²) in [4.78, 5) is 21.1. The Morgan fingerprint density at radius 3 is 2.32 bits per heavy atom. The highest BCUT2D eigenvalue weighted by atomic mass is 32.1. The van der Waals surface area contributed by atoms with Crippen molar-refractivity contribution in [1.29, 1.82) is 0 Å². The van der Waals surface area contributed by atoms with Crippen LogP contribution in [0.2, 0.25) is 0 Å². The third-order valence-corrected chi connectivity index (χ3v) is 6.29.